The van der Waals surface area contributed by atoms with Crippen LogP contribution in [0.3, 0.4) is 0 Å². The van der Waals surface area contributed by atoms with Crippen LogP contribution in [0.5, 0.6) is 5.75 Å². The van der Waals surface area contributed by atoms with Gasteiger partial charge in [-0.05, 0) is 44.6 Å². The number of rotatable bonds is 4. The zero-order chi connectivity index (χ0) is 16.3. The summed E-state index contributed by atoms with van der Waals surface area (Å²) in [5.41, 5.74) is 4.01. The standard InChI is InChI=1S/C15H19F3N2O2/c1-20-7-3-2-4-11(20)9-22-13-6-5-10(15(16,17)18)8-12(13)14(19)21/h5-6,8,11H,2-4,7,9H2,1H3,(H2,19,21). The Balaban J connectivity index is 2.14. The third-order valence-electron chi connectivity index (χ3n) is 3.93. The molecule has 4 nitrogen and oxygen atoms in total. The summed E-state index contributed by atoms with van der Waals surface area (Å²) in [5, 5.41) is 0. The molecule has 22 heavy (non-hydrogen) atoms. The highest BCUT2D eigenvalue weighted by atomic mass is 19.4. The van der Waals surface area contributed by atoms with Gasteiger partial charge in [0.2, 0.25) is 0 Å². The lowest BCUT2D eigenvalue weighted by Gasteiger charge is -2.32. The summed E-state index contributed by atoms with van der Waals surface area (Å²) in [4.78, 5) is 13.5. The molecule has 0 aromatic heterocycles. The van der Waals surface area contributed by atoms with Gasteiger partial charge in [0.05, 0.1) is 11.1 Å². The zero-order valence-corrected chi connectivity index (χ0v) is 12.3. The van der Waals surface area contributed by atoms with Crippen molar-refractivity contribution in [1.82, 2.24) is 4.90 Å². The van der Waals surface area contributed by atoms with Crippen LogP contribution in [0.1, 0.15) is 35.2 Å². The molecule has 1 saturated heterocycles. The van der Waals surface area contributed by atoms with Gasteiger partial charge in [-0.15, -0.1) is 0 Å². The van der Waals surface area contributed by atoms with Gasteiger partial charge in [0.15, 0.2) is 0 Å². The minimum atomic E-state index is -4.52. The minimum Gasteiger partial charge on any atom is -0.491 e. The molecule has 0 bridgehead atoms. The second-order valence-corrected chi connectivity index (χ2v) is 5.51. The van der Waals surface area contributed by atoms with Gasteiger partial charge in [0, 0.05) is 6.04 Å². The van der Waals surface area contributed by atoms with Crippen molar-refractivity contribution >= 4 is 5.91 Å². The molecule has 1 unspecified atom stereocenters. The molecule has 0 spiro atoms. The predicted octanol–water partition coefficient (Wildman–Crippen LogP) is 2.67. The normalized spacial score (nSPS) is 19.9. The SMILES string of the molecule is CN1CCCCC1COc1ccc(C(F)(F)F)cc1C(N)=O. The number of alkyl halides is 3. The van der Waals surface area contributed by atoms with Crippen molar-refractivity contribution in [2.24, 2.45) is 5.73 Å². The van der Waals surface area contributed by atoms with Crippen LogP contribution in [-0.4, -0.2) is 37.0 Å². The first-order valence-electron chi connectivity index (χ1n) is 7.13. The van der Waals surface area contributed by atoms with Crippen LogP contribution in [0.25, 0.3) is 0 Å². The molecule has 0 radical (unpaired) electrons. The number of nitrogens with two attached hydrogens (primary N) is 1. The van der Waals surface area contributed by atoms with Gasteiger partial charge in [-0.25, -0.2) is 0 Å². The second-order valence-electron chi connectivity index (χ2n) is 5.51. The predicted molar refractivity (Wildman–Crippen MR) is 75.7 cm³/mol. The third kappa shape index (κ3) is 3.91. The van der Waals surface area contributed by atoms with E-state index in [9.17, 15) is 18.0 Å². The summed E-state index contributed by atoms with van der Waals surface area (Å²) in [6, 6.07) is 2.98. The van der Waals surface area contributed by atoms with Gasteiger partial charge in [0.25, 0.3) is 5.91 Å². The Morgan fingerprint density at radius 1 is 1.41 bits per heavy atom. The smallest absolute Gasteiger partial charge is 0.416 e. The lowest BCUT2D eigenvalue weighted by atomic mass is 10.0. The Morgan fingerprint density at radius 3 is 2.73 bits per heavy atom. The Hall–Kier alpha value is -1.76. The fourth-order valence-electron chi connectivity index (χ4n) is 2.57. The van der Waals surface area contributed by atoms with E-state index < -0.39 is 17.6 Å². The maximum Gasteiger partial charge on any atom is 0.416 e. The molecule has 122 valence electrons. The summed E-state index contributed by atoms with van der Waals surface area (Å²) in [6.45, 7) is 1.28. The van der Waals surface area contributed by atoms with E-state index >= 15 is 0 Å². The minimum absolute atomic E-state index is 0.0967. The van der Waals surface area contributed by atoms with Crippen LogP contribution in [0.4, 0.5) is 13.2 Å². The Labute approximate surface area is 127 Å². The number of carbonyl (C=O) groups excluding carboxylic acids is 1. The number of amides is 1. The Morgan fingerprint density at radius 2 is 2.14 bits per heavy atom. The number of primary amides is 1. The van der Waals surface area contributed by atoms with Crippen LogP contribution in [-0.2, 0) is 6.18 Å². The third-order valence-corrected chi connectivity index (χ3v) is 3.93. The quantitative estimate of drug-likeness (QED) is 0.929. The molecule has 2 rings (SSSR count). The van der Waals surface area contributed by atoms with Crippen molar-refractivity contribution in [1.29, 1.82) is 0 Å². The number of benzene rings is 1. The van der Waals surface area contributed by atoms with Crippen LogP contribution in [0.15, 0.2) is 18.2 Å². The van der Waals surface area contributed by atoms with Gasteiger partial charge >= 0.3 is 6.18 Å². The van der Waals surface area contributed by atoms with E-state index in [-0.39, 0.29) is 17.4 Å². The molecule has 1 fully saturated rings. The summed E-state index contributed by atoms with van der Waals surface area (Å²) in [5.74, 6) is -0.836. The monoisotopic (exact) mass is 316 g/mol. The van der Waals surface area contributed by atoms with Gasteiger partial charge in [-0.1, -0.05) is 6.42 Å². The van der Waals surface area contributed by atoms with Gasteiger partial charge in [0.1, 0.15) is 12.4 Å². The van der Waals surface area contributed by atoms with E-state index in [1.165, 1.54) is 0 Å². The van der Waals surface area contributed by atoms with E-state index in [2.05, 4.69) is 4.90 Å². The molecule has 1 aliphatic rings. The number of hydrogen-bond acceptors (Lipinski definition) is 3. The van der Waals surface area contributed by atoms with E-state index in [1.807, 2.05) is 7.05 Å². The summed E-state index contributed by atoms with van der Waals surface area (Å²) in [6.07, 6.45) is -1.34. The van der Waals surface area contributed by atoms with Crippen molar-refractivity contribution in [3.63, 3.8) is 0 Å². The molecule has 1 aromatic carbocycles. The highest BCUT2D eigenvalue weighted by Crippen LogP contribution is 2.32. The second kappa shape index (κ2) is 6.56. The average Bonchev–Trinajstić information content (AvgIpc) is 2.45. The molecule has 1 atom stereocenters. The number of piperidine rings is 1. The van der Waals surface area contributed by atoms with Crippen molar-refractivity contribution in [2.75, 3.05) is 20.2 Å². The number of likely N-dealkylation sites (N-methyl/N-ethyl adjacent to an activating group) is 1. The topological polar surface area (TPSA) is 55.6 Å². The first-order valence-corrected chi connectivity index (χ1v) is 7.13. The van der Waals surface area contributed by atoms with E-state index in [4.69, 9.17) is 10.5 Å². The summed E-state index contributed by atoms with van der Waals surface area (Å²) >= 11 is 0. The summed E-state index contributed by atoms with van der Waals surface area (Å²) < 4.78 is 43.6. The highest BCUT2D eigenvalue weighted by molar-refractivity contribution is 5.95. The number of hydrogen-bond donors (Lipinski definition) is 1. The number of carbonyl (C=O) groups is 1. The Bertz CT molecular complexity index is 546. The van der Waals surface area contributed by atoms with E-state index in [0.717, 1.165) is 44.0 Å². The molecule has 7 heteroatoms. The number of likely N-dealkylation sites (tertiary alicyclic amines) is 1. The van der Waals surface area contributed by atoms with Crippen molar-refractivity contribution < 1.29 is 22.7 Å². The number of ether oxygens (including phenoxy) is 1. The summed E-state index contributed by atoms with van der Waals surface area (Å²) in [7, 11) is 1.98. The lowest BCUT2D eigenvalue weighted by Crippen LogP contribution is -2.40. The molecular formula is C15H19F3N2O2. The molecule has 0 saturated carbocycles. The van der Waals surface area contributed by atoms with Crippen LogP contribution in [0, 0.1) is 0 Å². The maximum absolute atomic E-state index is 12.7. The molecule has 2 N–H and O–H groups in total. The molecular weight excluding hydrogens is 297 g/mol. The first-order chi connectivity index (χ1) is 10.3. The molecule has 1 aromatic rings. The van der Waals surface area contributed by atoms with E-state index in [1.54, 1.807) is 0 Å². The molecule has 1 amide bonds. The van der Waals surface area contributed by atoms with Gasteiger partial charge in [-0.3, -0.25) is 4.79 Å². The average molecular weight is 316 g/mol. The fraction of sp³-hybridized carbons (Fsp3) is 0.533. The largest absolute Gasteiger partial charge is 0.491 e. The van der Waals surface area contributed by atoms with Crippen molar-refractivity contribution in [2.45, 2.75) is 31.5 Å². The van der Waals surface area contributed by atoms with E-state index in [0.29, 0.717) is 6.61 Å². The van der Waals surface area contributed by atoms with Gasteiger partial charge < -0.3 is 15.4 Å². The van der Waals surface area contributed by atoms with Gasteiger partial charge in [-0.2, -0.15) is 13.2 Å². The van der Waals surface area contributed by atoms with Crippen LogP contribution in [0.2, 0.25) is 0 Å². The first kappa shape index (κ1) is 16.6. The molecule has 1 aliphatic heterocycles. The number of halogens is 3. The fourth-order valence-corrected chi connectivity index (χ4v) is 2.57. The molecule has 0 aliphatic carbocycles. The zero-order valence-electron chi connectivity index (χ0n) is 12.3. The number of nitrogens with zero attached hydrogens (tertiary/aromatic N) is 1. The van der Waals surface area contributed by atoms with Crippen LogP contribution >= 0.6 is 0 Å². The Kier molecular flexibility index (Phi) is 4.95. The lowest BCUT2D eigenvalue weighted by molar-refractivity contribution is -0.137. The van der Waals surface area contributed by atoms with Crippen molar-refractivity contribution in [3.8, 4) is 5.75 Å². The highest BCUT2D eigenvalue weighted by Gasteiger charge is 2.32. The maximum atomic E-state index is 12.7. The van der Waals surface area contributed by atoms with Crippen molar-refractivity contribution in [3.05, 3.63) is 29.3 Å². The molecule has 1 heterocycles. The van der Waals surface area contributed by atoms with Crippen LogP contribution < -0.4 is 10.5 Å².